The van der Waals surface area contributed by atoms with Crippen LogP contribution in [0.2, 0.25) is 0 Å². The molecule has 1 aromatic rings. The summed E-state index contributed by atoms with van der Waals surface area (Å²) >= 11 is 0. The molecule has 0 bridgehead atoms. The van der Waals surface area contributed by atoms with Gasteiger partial charge in [0.1, 0.15) is 0 Å². The summed E-state index contributed by atoms with van der Waals surface area (Å²) in [7, 11) is 0. The molecule has 0 fully saturated rings. The summed E-state index contributed by atoms with van der Waals surface area (Å²) in [4.78, 5) is 0. The highest BCUT2D eigenvalue weighted by molar-refractivity contribution is 5.85. The maximum atomic E-state index is 4.46. The molecule has 0 aliphatic rings. The fraction of sp³-hybridized carbons (Fsp3) is 0.727. The second-order valence-corrected chi connectivity index (χ2v) is 3.91. The first kappa shape index (κ1) is 14.5. The number of unbranched alkanes of at least 4 members (excludes halogenated alkanes) is 1. The molecular formula is C11H22ClN3. The van der Waals surface area contributed by atoms with Gasteiger partial charge < -0.3 is 5.32 Å². The minimum Gasteiger partial charge on any atom is -0.311 e. The van der Waals surface area contributed by atoms with Gasteiger partial charge in [0.05, 0.1) is 5.69 Å². The number of halogens is 1. The molecule has 1 heterocycles. The zero-order valence-corrected chi connectivity index (χ0v) is 10.7. The van der Waals surface area contributed by atoms with Gasteiger partial charge in [0.2, 0.25) is 0 Å². The van der Waals surface area contributed by atoms with E-state index in [1.54, 1.807) is 0 Å². The van der Waals surface area contributed by atoms with Gasteiger partial charge in [0, 0.05) is 18.8 Å². The van der Waals surface area contributed by atoms with Gasteiger partial charge in [-0.25, -0.2) is 0 Å². The highest BCUT2D eigenvalue weighted by Gasteiger charge is 2.00. The van der Waals surface area contributed by atoms with Crippen molar-refractivity contribution in [2.75, 3.05) is 6.54 Å². The van der Waals surface area contributed by atoms with E-state index < -0.39 is 0 Å². The molecule has 1 N–H and O–H groups in total. The summed E-state index contributed by atoms with van der Waals surface area (Å²) in [5.41, 5.74) is 1.13. The number of nitrogens with one attached hydrogen (secondary N) is 1. The third kappa shape index (κ3) is 5.19. The summed E-state index contributed by atoms with van der Waals surface area (Å²) in [6.45, 7) is 8.46. The molecule has 0 atom stereocenters. The molecule has 0 saturated carbocycles. The molecule has 3 nitrogen and oxygen atoms in total. The van der Waals surface area contributed by atoms with Crippen molar-refractivity contribution in [3.05, 3.63) is 18.0 Å². The van der Waals surface area contributed by atoms with Crippen molar-refractivity contribution in [3.63, 3.8) is 0 Å². The topological polar surface area (TPSA) is 29.9 Å². The third-order valence-electron chi connectivity index (χ3n) is 2.21. The van der Waals surface area contributed by atoms with Crippen molar-refractivity contribution in [1.29, 1.82) is 0 Å². The molecule has 88 valence electrons. The second kappa shape index (κ2) is 7.71. The van der Waals surface area contributed by atoms with Gasteiger partial charge >= 0.3 is 0 Å². The van der Waals surface area contributed by atoms with Crippen LogP contribution in [0.15, 0.2) is 12.3 Å². The normalized spacial score (nSPS) is 10.4. The molecule has 1 aromatic heterocycles. The van der Waals surface area contributed by atoms with Crippen molar-refractivity contribution in [3.8, 4) is 0 Å². The lowest BCUT2D eigenvalue weighted by atomic mass is 10.3. The lowest BCUT2D eigenvalue weighted by Gasteiger charge is -2.04. The largest absolute Gasteiger partial charge is 0.311 e. The second-order valence-electron chi connectivity index (χ2n) is 3.91. The van der Waals surface area contributed by atoms with Gasteiger partial charge in [-0.1, -0.05) is 13.3 Å². The maximum absolute atomic E-state index is 4.46. The minimum absolute atomic E-state index is 0. The molecule has 0 spiro atoms. The Morgan fingerprint density at radius 2 is 2.20 bits per heavy atom. The molecule has 0 radical (unpaired) electrons. The summed E-state index contributed by atoms with van der Waals surface area (Å²) in [5, 5.41) is 7.84. The van der Waals surface area contributed by atoms with E-state index >= 15 is 0 Å². The molecule has 0 aromatic carbocycles. The molecule has 0 aliphatic heterocycles. The lowest BCUT2D eigenvalue weighted by molar-refractivity contribution is 0.520. The van der Waals surface area contributed by atoms with Crippen LogP contribution < -0.4 is 5.32 Å². The van der Waals surface area contributed by atoms with Gasteiger partial charge in [0.25, 0.3) is 0 Å². The number of aromatic nitrogens is 2. The summed E-state index contributed by atoms with van der Waals surface area (Å²) < 4.78 is 2.00. The predicted octanol–water partition coefficient (Wildman–Crippen LogP) is 2.78. The fourth-order valence-electron chi connectivity index (χ4n) is 1.28. The minimum atomic E-state index is 0. The van der Waals surface area contributed by atoms with Crippen LogP contribution >= 0.6 is 12.4 Å². The van der Waals surface area contributed by atoms with Gasteiger partial charge in [-0.15, -0.1) is 12.4 Å². The van der Waals surface area contributed by atoms with Crippen molar-refractivity contribution in [2.24, 2.45) is 0 Å². The van der Waals surface area contributed by atoms with Crippen LogP contribution in [0.1, 0.15) is 45.3 Å². The zero-order chi connectivity index (χ0) is 10.4. The molecule has 0 unspecified atom stereocenters. The third-order valence-corrected chi connectivity index (χ3v) is 2.21. The SMILES string of the molecule is CCCCNCc1ccn(C(C)C)n1.Cl. The molecular weight excluding hydrogens is 210 g/mol. The van der Waals surface area contributed by atoms with Crippen LogP contribution in [0.25, 0.3) is 0 Å². The van der Waals surface area contributed by atoms with Crippen LogP contribution in [0, 0.1) is 0 Å². The number of hydrogen-bond donors (Lipinski definition) is 1. The smallest absolute Gasteiger partial charge is 0.0762 e. The maximum Gasteiger partial charge on any atom is 0.0762 e. The van der Waals surface area contributed by atoms with Crippen LogP contribution in [-0.4, -0.2) is 16.3 Å². The van der Waals surface area contributed by atoms with Crippen molar-refractivity contribution in [1.82, 2.24) is 15.1 Å². The number of nitrogens with zero attached hydrogens (tertiary/aromatic N) is 2. The predicted molar refractivity (Wildman–Crippen MR) is 66.5 cm³/mol. The van der Waals surface area contributed by atoms with E-state index in [0.717, 1.165) is 18.8 Å². The first-order chi connectivity index (χ1) is 6.74. The van der Waals surface area contributed by atoms with Crippen LogP contribution in [-0.2, 0) is 6.54 Å². The molecule has 1 rings (SSSR count). The zero-order valence-electron chi connectivity index (χ0n) is 9.86. The molecule has 0 amide bonds. The monoisotopic (exact) mass is 231 g/mol. The highest BCUT2D eigenvalue weighted by Crippen LogP contribution is 2.03. The summed E-state index contributed by atoms with van der Waals surface area (Å²) in [6.07, 6.45) is 4.53. The van der Waals surface area contributed by atoms with Crippen molar-refractivity contribution < 1.29 is 0 Å². The molecule has 0 saturated heterocycles. The first-order valence-corrected chi connectivity index (χ1v) is 5.48. The van der Waals surface area contributed by atoms with E-state index in [2.05, 4.69) is 37.3 Å². The highest BCUT2D eigenvalue weighted by atomic mass is 35.5. The Morgan fingerprint density at radius 3 is 2.73 bits per heavy atom. The Kier molecular flexibility index (Phi) is 7.44. The number of hydrogen-bond acceptors (Lipinski definition) is 2. The Labute approximate surface area is 98.7 Å². The quantitative estimate of drug-likeness (QED) is 0.764. The number of rotatable bonds is 6. The lowest BCUT2D eigenvalue weighted by Crippen LogP contribution is -2.15. The van der Waals surface area contributed by atoms with Crippen LogP contribution in [0.4, 0.5) is 0 Å². The Hall–Kier alpha value is -0.540. The van der Waals surface area contributed by atoms with Crippen molar-refractivity contribution >= 4 is 12.4 Å². The van der Waals surface area contributed by atoms with E-state index in [1.165, 1.54) is 12.8 Å². The van der Waals surface area contributed by atoms with Gasteiger partial charge in [0.15, 0.2) is 0 Å². The van der Waals surface area contributed by atoms with E-state index in [4.69, 9.17) is 0 Å². The first-order valence-electron chi connectivity index (χ1n) is 5.48. The molecule has 4 heteroatoms. The van der Waals surface area contributed by atoms with Crippen molar-refractivity contribution in [2.45, 2.75) is 46.2 Å². The Bertz CT molecular complexity index is 258. The van der Waals surface area contributed by atoms with E-state index in [0.29, 0.717) is 6.04 Å². The summed E-state index contributed by atoms with van der Waals surface area (Å²) in [6, 6.07) is 2.54. The van der Waals surface area contributed by atoms with E-state index in [-0.39, 0.29) is 12.4 Å². The molecule has 0 aliphatic carbocycles. The van der Waals surface area contributed by atoms with E-state index in [9.17, 15) is 0 Å². The average Bonchev–Trinajstić information content (AvgIpc) is 2.61. The van der Waals surface area contributed by atoms with E-state index in [1.807, 2.05) is 10.9 Å². The van der Waals surface area contributed by atoms with Crippen LogP contribution in [0.3, 0.4) is 0 Å². The van der Waals surface area contributed by atoms with Gasteiger partial charge in [-0.3, -0.25) is 4.68 Å². The van der Waals surface area contributed by atoms with Crippen LogP contribution in [0.5, 0.6) is 0 Å². The average molecular weight is 232 g/mol. The van der Waals surface area contributed by atoms with Gasteiger partial charge in [-0.05, 0) is 32.9 Å². The fourth-order valence-corrected chi connectivity index (χ4v) is 1.28. The Morgan fingerprint density at radius 1 is 1.47 bits per heavy atom. The van der Waals surface area contributed by atoms with Gasteiger partial charge in [-0.2, -0.15) is 5.10 Å². The molecule has 15 heavy (non-hydrogen) atoms. The standard InChI is InChI=1S/C11H21N3.ClH/c1-4-5-7-12-9-11-6-8-14(13-11)10(2)3;/h6,8,10,12H,4-5,7,9H2,1-3H3;1H. The Balaban J connectivity index is 0.00000196. The summed E-state index contributed by atoms with van der Waals surface area (Å²) in [5.74, 6) is 0.